The molecular weight excluding hydrogens is 230 g/mol. The van der Waals surface area contributed by atoms with Gasteiger partial charge in [0.05, 0.1) is 5.69 Å². The first-order chi connectivity index (χ1) is 8.15. The van der Waals surface area contributed by atoms with Gasteiger partial charge >= 0.3 is 0 Å². The van der Waals surface area contributed by atoms with Crippen LogP contribution in [0.15, 0.2) is 18.2 Å². The molecule has 2 rings (SSSR count). The van der Waals surface area contributed by atoms with Gasteiger partial charge in [-0.25, -0.2) is 4.98 Å². The van der Waals surface area contributed by atoms with Gasteiger partial charge in [-0.1, -0.05) is 23.8 Å². The van der Waals surface area contributed by atoms with Gasteiger partial charge in [0.25, 0.3) is 0 Å². The fourth-order valence-corrected chi connectivity index (χ4v) is 2.54. The van der Waals surface area contributed by atoms with Crippen molar-refractivity contribution in [1.29, 1.82) is 5.26 Å². The van der Waals surface area contributed by atoms with E-state index in [0.29, 0.717) is 11.4 Å². The largest absolute Gasteiger partial charge is 0.325 e. The predicted octanol–water partition coefficient (Wildman–Crippen LogP) is 2.76. The summed E-state index contributed by atoms with van der Waals surface area (Å²) in [7, 11) is 0. The van der Waals surface area contributed by atoms with Crippen molar-refractivity contribution >= 4 is 11.3 Å². The number of nitriles is 1. The van der Waals surface area contributed by atoms with E-state index in [1.807, 2.05) is 26.0 Å². The number of benzene rings is 1. The number of nitrogens with zero attached hydrogens (tertiary/aromatic N) is 2. The molecule has 1 heterocycles. The lowest BCUT2D eigenvalue weighted by Gasteiger charge is -2.04. The summed E-state index contributed by atoms with van der Waals surface area (Å²) in [5, 5.41) is 9.92. The zero-order valence-corrected chi connectivity index (χ0v) is 10.6. The Morgan fingerprint density at radius 3 is 2.76 bits per heavy atom. The Morgan fingerprint density at radius 1 is 1.41 bits per heavy atom. The molecule has 0 bridgehead atoms. The Kier molecular flexibility index (Phi) is 3.23. The van der Waals surface area contributed by atoms with Gasteiger partial charge in [0.1, 0.15) is 16.0 Å². The van der Waals surface area contributed by atoms with Gasteiger partial charge in [-0.2, -0.15) is 5.26 Å². The van der Waals surface area contributed by atoms with Gasteiger partial charge in [0.15, 0.2) is 0 Å². The van der Waals surface area contributed by atoms with Crippen molar-refractivity contribution in [2.45, 2.75) is 20.4 Å². The summed E-state index contributed by atoms with van der Waals surface area (Å²) in [4.78, 5) is 5.07. The van der Waals surface area contributed by atoms with Crippen LogP contribution in [0.3, 0.4) is 0 Å². The fourth-order valence-electron chi connectivity index (χ4n) is 1.79. The Balaban J connectivity index is 2.60. The number of rotatable bonds is 2. The Hall–Kier alpha value is -1.70. The highest BCUT2D eigenvalue weighted by Gasteiger charge is 2.13. The van der Waals surface area contributed by atoms with Crippen LogP contribution in [0.4, 0.5) is 0 Å². The van der Waals surface area contributed by atoms with E-state index >= 15 is 0 Å². The third kappa shape index (κ3) is 2.21. The maximum atomic E-state index is 9.11. The smallest absolute Gasteiger partial charge is 0.132 e. The van der Waals surface area contributed by atoms with Gasteiger partial charge in [0.2, 0.25) is 0 Å². The van der Waals surface area contributed by atoms with E-state index in [0.717, 1.165) is 21.8 Å². The normalized spacial score (nSPS) is 10.2. The molecule has 86 valence electrons. The summed E-state index contributed by atoms with van der Waals surface area (Å²) in [5.74, 6) is 0. The molecular formula is C13H13N3S. The number of aryl methyl sites for hydroxylation is 2. The van der Waals surface area contributed by atoms with Crippen molar-refractivity contribution in [2.24, 2.45) is 5.73 Å². The molecule has 0 aliphatic carbocycles. The van der Waals surface area contributed by atoms with Crippen molar-refractivity contribution in [3.63, 3.8) is 0 Å². The molecule has 2 N–H and O–H groups in total. The lowest BCUT2D eigenvalue weighted by atomic mass is 10.0. The topological polar surface area (TPSA) is 62.7 Å². The molecule has 2 aromatic rings. The first-order valence-corrected chi connectivity index (χ1v) is 6.15. The number of aromatic nitrogens is 1. The summed E-state index contributed by atoms with van der Waals surface area (Å²) in [6.07, 6.45) is 0. The van der Waals surface area contributed by atoms with Crippen LogP contribution in [0.25, 0.3) is 11.3 Å². The predicted molar refractivity (Wildman–Crippen MR) is 69.6 cm³/mol. The molecule has 0 spiro atoms. The second kappa shape index (κ2) is 4.66. The van der Waals surface area contributed by atoms with E-state index in [2.05, 4.69) is 17.1 Å². The van der Waals surface area contributed by atoms with Crippen molar-refractivity contribution < 1.29 is 0 Å². The van der Waals surface area contributed by atoms with E-state index in [9.17, 15) is 0 Å². The summed E-state index contributed by atoms with van der Waals surface area (Å²) in [5.41, 5.74) is 9.68. The Morgan fingerprint density at radius 2 is 2.18 bits per heavy atom. The van der Waals surface area contributed by atoms with E-state index < -0.39 is 0 Å². The Bertz CT molecular complexity index is 593. The molecule has 1 aromatic heterocycles. The standard InChI is InChI=1S/C13H13N3S/c1-8-3-4-10(9(2)5-8)13-11(6-14)17-12(7-15)16-13/h3-5H,7,15H2,1-2H3. The maximum Gasteiger partial charge on any atom is 0.132 e. The van der Waals surface area contributed by atoms with Crippen LogP contribution in [-0.4, -0.2) is 4.98 Å². The molecule has 0 saturated carbocycles. The average molecular weight is 243 g/mol. The van der Waals surface area contributed by atoms with E-state index in [4.69, 9.17) is 11.0 Å². The van der Waals surface area contributed by atoms with Crippen molar-refractivity contribution in [3.05, 3.63) is 39.2 Å². The Labute approximate surface area is 105 Å². The summed E-state index contributed by atoms with van der Waals surface area (Å²) in [6, 6.07) is 8.33. The van der Waals surface area contributed by atoms with Crippen LogP contribution in [0, 0.1) is 25.2 Å². The number of nitrogens with two attached hydrogens (primary N) is 1. The lowest BCUT2D eigenvalue weighted by molar-refractivity contribution is 1.04. The van der Waals surface area contributed by atoms with Crippen LogP contribution >= 0.6 is 11.3 Å². The summed E-state index contributed by atoms with van der Waals surface area (Å²) >= 11 is 1.37. The number of thiazole rings is 1. The fraction of sp³-hybridized carbons (Fsp3) is 0.231. The molecule has 0 unspecified atom stereocenters. The summed E-state index contributed by atoms with van der Waals surface area (Å²) < 4.78 is 0. The minimum Gasteiger partial charge on any atom is -0.325 e. The lowest BCUT2D eigenvalue weighted by Crippen LogP contribution is -1.95. The molecule has 0 radical (unpaired) electrons. The van der Waals surface area contributed by atoms with Crippen LogP contribution in [0.1, 0.15) is 21.0 Å². The van der Waals surface area contributed by atoms with Gasteiger partial charge in [-0.15, -0.1) is 11.3 Å². The van der Waals surface area contributed by atoms with E-state index in [-0.39, 0.29) is 0 Å². The molecule has 17 heavy (non-hydrogen) atoms. The molecule has 1 aromatic carbocycles. The van der Waals surface area contributed by atoms with Crippen molar-refractivity contribution in [2.75, 3.05) is 0 Å². The zero-order chi connectivity index (χ0) is 12.4. The minimum absolute atomic E-state index is 0.379. The minimum atomic E-state index is 0.379. The quantitative estimate of drug-likeness (QED) is 0.882. The first-order valence-electron chi connectivity index (χ1n) is 5.33. The first kappa shape index (κ1) is 11.8. The zero-order valence-electron chi connectivity index (χ0n) is 9.82. The van der Waals surface area contributed by atoms with E-state index in [1.165, 1.54) is 16.9 Å². The third-order valence-corrected chi connectivity index (χ3v) is 3.57. The van der Waals surface area contributed by atoms with Crippen LogP contribution in [0.5, 0.6) is 0 Å². The van der Waals surface area contributed by atoms with Crippen LogP contribution in [0.2, 0.25) is 0 Å². The number of hydrogen-bond acceptors (Lipinski definition) is 4. The van der Waals surface area contributed by atoms with E-state index in [1.54, 1.807) is 0 Å². The van der Waals surface area contributed by atoms with Gasteiger partial charge < -0.3 is 5.73 Å². The molecule has 4 heteroatoms. The second-order valence-electron chi connectivity index (χ2n) is 3.92. The molecule has 3 nitrogen and oxygen atoms in total. The highest BCUT2D eigenvalue weighted by molar-refractivity contribution is 7.12. The molecule has 0 aliphatic rings. The number of hydrogen-bond donors (Lipinski definition) is 1. The highest BCUT2D eigenvalue weighted by Crippen LogP contribution is 2.30. The molecule has 0 saturated heterocycles. The maximum absolute atomic E-state index is 9.11. The average Bonchev–Trinajstić information content (AvgIpc) is 2.72. The van der Waals surface area contributed by atoms with Crippen LogP contribution < -0.4 is 5.73 Å². The van der Waals surface area contributed by atoms with Gasteiger partial charge in [-0.05, 0) is 19.4 Å². The third-order valence-electron chi connectivity index (χ3n) is 2.58. The highest BCUT2D eigenvalue weighted by atomic mass is 32.1. The van der Waals surface area contributed by atoms with Crippen molar-refractivity contribution in [3.8, 4) is 17.3 Å². The van der Waals surface area contributed by atoms with Crippen molar-refractivity contribution in [1.82, 2.24) is 4.98 Å². The molecule has 0 amide bonds. The SMILES string of the molecule is Cc1ccc(-c2nc(CN)sc2C#N)c(C)c1. The monoisotopic (exact) mass is 243 g/mol. The molecule has 0 fully saturated rings. The molecule has 0 aliphatic heterocycles. The van der Waals surface area contributed by atoms with Gasteiger partial charge in [-0.3, -0.25) is 0 Å². The summed E-state index contributed by atoms with van der Waals surface area (Å²) in [6.45, 7) is 4.46. The van der Waals surface area contributed by atoms with Crippen LogP contribution in [-0.2, 0) is 6.54 Å². The second-order valence-corrected chi connectivity index (χ2v) is 5.00. The molecule has 0 atom stereocenters. The van der Waals surface area contributed by atoms with Gasteiger partial charge in [0, 0.05) is 12.1 Å².